The Hall–Kier alpha value is -4.11. The molecule has 4 rings (SSSR count). The Morgan fingerprint density at radius 2 is 1.43 bits per heavy atom. The average Bonchev–Trinajstić information content (AvgIpc) is 3.00. The van der Waals surface area contributed by atoms with Gasteiger partial charge in [0.1, 0.15) is 17.4 Å². The maximum atomic E-state index is 13.5. The molecule has 3 aromatic rings. The summed E-state index contributed by atoms with van der Waals surface area (Å²) >= 11 is 0. The zero-order valence-electron chi connectivity index (χ0n) is 24.5. The number of hydrogen-bond donors (Lipinski definition) is 1. The van der Waals surface area contributed by atoms with Crippen LogP contribution in [0.2, 0.25) is 0 Å². The Labute approximate surface area is 257 Å². The Balaban J connectivity index is 1.48. The quantitative estimate of drug-likeness (QED) is 0.201. The van der Waals surface area contributed by atoms with Gasteiger partial charge in [0, 0.05) is 19.6 Å². The van der Waals surface area contributed by atoms with Gasteiger partial charge in [-0.2, -0.15) is 13.7 Å². The Morgan fingerprint density at radius 1 is 0.864 bits per heavy atom. The number of hydrogen-bond acceptors (Lipinski definition) is 9. The summed E-state index contributed by atoms with van der Waals surface area (Å²) in [5, 5.41) is 3.97. The maximum absolute atomic E-state index is 13.5. The molecule has 1 saturated heterocycles. The van der Waals surface area contributed by atoms with E-state index < -0.39 is 50.1 Å². The lowest BCUT2D eigenvalue weighted by atomic mass is 10.2. The van der Waals surface area contributed by atoms with E-state index in [2.05, 4.69) is 10.5 Å². The highest BCUT2D eigenvalue weighted by molar-refractivity contribution is 7.89. The molecule has 0 radical (unpaired) electrons. The first-order valence-electron chi connectivity index (χ1n) is 13.7. The largest absolute Gasteiger partial charge is 0.482 e. The van der Waals surface area contributed by atoms with Crippen LogP contribution in [-0.2, 0) is 34.4 Å². The predicted octanol–water partition coefficient (Wildman–Crippen LogP) is 2.62. The molecule has 1 aliphatic rings. The third-order valence-corrected chi connectivity index (χ3v) is 10.2. The minimum Gasteiger partial charge on any atom is -0.482 e. The van der Waals surface area contributed by atoms with Crippen LogP contribution in [-0.4, -0.2) is 81.4 Å². The summed E-state index contributed by atoms with van der Waals surface area (Å²) in [6, 6.07) is 20.5. The van der Waals surface area contributed by atoms with Gasteiger partial charge in [-0.15, -0.1) is 0 Å². The molecule has 1 aliphatic heterocycles. The molecule has 0 saturated carbocycles. The molecule has 12 nitrogen and oxygen atoms in total. The summed E-state index contributed by atoms with van der Waals surface area (Å²) in [5.41, 5.74) is 2.30. The standard InChI is InChI=1S/C30H34N4O8S2/c1-30(2,3)42-28(35)22-41-24-16-14-23(15-17-24)20-31-32-29(36)27-21-33(43(37,38)25-10-6-4-7-11-25)18-19-34(27)44(39,40)26-12-8-5-9-13-26/h4-17,20,27H,18-19,21-22H2,1-3H3,(H,32,36)/b31-20-/t27-/m0/s1. The molecule has 0 aliphatic carbocycles. The van der Waals surface area contributed by atoms with Crippen molar-refractivity contribution >= 4 is 38.1 Å². The van der Waals surface area contributed by atoms with Gasteiger partial charge >= 0.3 is 5.97 Å². The van der Waals surface area contributed by atoms with Gasteiger partial charge in [-0.3, -0.25) is 4.79 Å². The second kappa shape index (κ2) is 13.7. The smallest absolute Gasteiger partial charge is 0.344 e. The van der Waals surface area contributed by atoms with Crippen LogP contribution in [0, 0.1) is 0 Å². The van der Waals surface area contributed by atoms with Gasteiger partial charge in [0.2, 0.25) is 20.0 Å². The Morgan fingerprint density at radius 3 is 2.00 bits per heavy atom. The number of nitrogens with zero attached hydrogens (tertiary/aromatic N) is 3. The van der Waals surface area contributed by atoms with Gasteiger partial charge in [0.15, 0.2) is 6.61 Å². The first-order valence-corrected chi connectivity index (χ1v) is 16.6. The van der Waals surface area contributed by atoms with Crippen molar-refractivity contribution in [3.05, 3.63) is 90.5 Å². The van der Waals surface area contributed by atoms with E-state index in [1.807, 2.05) is 0 Å². The summed E-state index contributed by atoms with van der Waals surface area (Å²) in [7, 11) is -8.14. The molecule has 14 heteroatoms. The number of ether oxygens (including phenoxy) is 2. The van der Waals surface area contributed by atoms with Crippen molar-refractivity contribution < 1.29 is 35.9 Å². The molecule has 0 spiro atoms. The zero-order valence-corrected chi connectivity index (χ0v) is 26.1. The summed E-state index contributed by atoms with van der Waals surface area (Å²) in [6.45, 7) is 4.22. The highest BCUT2D eigenvalue weighted by Crippen LogP contribution is 2.25. The topological polar surface area (TPSA) is 152 Å². The number of esters is 1. The third kappa shape index (κ3) is 8.29. The van der Waals surface area contributed by atoms with E-state index in [0.717, 1.165) is 8.61 Å². The predicted molar refractivity (Wildman–Crippen MR) is 163 cm³/mol. The van der Waals surface area contributed by atoms with Crippen LogP contribution in [0.3, 0.4) is 0 Å². The van der Waals surface area contributed by atoms with E-state index in [1.165, 1.54) is 30.5 Å². The number of sulfonamides is 2. The molecule has 44 heavy (non-hydrogen) atoms. The first-order chi connectivity index (χ1) is 20.8. The van der Waals surface area contributed by atoms with Gasteiger partial charge in [-0.25, -0.2) is 27.1 Å². The minimum absolute atomic E-state index is 0.0188. The van der Waals surface area contributed by atoms with Crippen LogP contribution in [0.1, 0.15) is 26.3 Å². The number of piperazine rings is 1. The summed E-state index contributed by atoms with van der Waals surface area (Å²) < 4.78 is 66.4. The lowest BCUT2D eigenvalue weighted by Crippen LogP contribution is -2.60. The fourth-order valence-electron chi connectivity index (χ4n) is 4.34. The van der Waals surface area contributed by atoms with E-state index in [0.29, 0.717) is 11.3 Å². The molecule has 1 fully saturated rings. The fourth-order valence-corrected chi connectivity index (χ4v) is 7.39. The number of benzene rings is 3. The second-order valence-electron chi connectivity index (χ2n) is 10.8. The van der Waals surface area contributed by atoms with Crippen molar-refractivity contribution in [2.75, 3.05) is 26.2 Å². The highest BCUT2D eigenvalue weighted by atomic mass is 32.2. The van der Waals surface area contributed by atoms with Crippen LogP contribution in [0.5, 0.6) is 5.75 Å². The molecule has 1 amide bonds. The third-order valence-electron chi connectivity index (χ3n) is 6.37. The molecule has 1 N–H and O–H groups in total. The van der Waals surface area contributed by atoms with Crippen LogP contribution in [0.15, 0.2) is 99.8 Å². The fraction of sp³-hybridized carbons (Fsp3) is 0.300. The number of amides is 1. The molecule has 3 aromatic carbocycles. The van der Waals surface area contributed by atoms with Crippen LogP contribution >= 0.6 is 0 Å². The van der Waals surface area contributed by atoms with E-state index in [4.69, 9.17) is 9.47 Å². The van der Waals surface area contributed by atoms with E-state index >= 15 is 0 Å². The van der Waals surface area contributed by atoms with Gasteiger partial charge in [-0.1, -0.05) is 36.4 Å². The van der Waals surface area contributed by atoms with E-state index in [9.17, 15) is 26.4 Å². The van der Waals surface area contributed by atoms with Crippen molar-refractivity contribution in [1.82, 2.24) is 14.0 Å². The number of hydrazone groups is 1. The lowest BCUT2D eigenvalue weighted by molar-refractivity contribution is -0.157. The molecular weight excluding hydrogens is 608 g/mol. The molecule has 0 aromatic heterocycles. The van der Waals surface area contributed by atoms with Gasteiger partial charge in [-0.05, 0) is 74.9 Å². The normalized spacial score (nSPS) is 16.8. The number of carbonyl (C=O) groups excluding carboxylic acids is 2. The van der Waals surface area contributed by atoms with Gasteiger partial charge in [0.25, 0.3) is 5.91 Å². The molecule has 1 heterocycles. The van der Waals surface area contributed by atoms with Crippen LogP contribution in [0.25, 0.3) is 0 Å². The average molecular weight is 643 g/mol. The van der Waals surface area contributed by atoms with Crippen LogP contribution < -0.4 is 10.2 Å². The van der Waals surface area contributed by atoms with Crippen molar-refractivity contribution in [2.45, 2.75) is 42.2 Å². The summed E-state index contributed by atoms with van der Waals surface area (Å²) in [4.78, 5) is 25.3. The minimum atomic E-state index is -4.14. The van der Waals surface area contributed by atoms with Crippen molar-refractivity contribution in [2.24, 2.45) is 5.10 Å². The monoisotopic (exact) mass is 642 g/mol. The van der Waals surface area contributed by atoms with Crippen molar-refractivity contribution in [3.8, 4) is 5.75 Å². The Bertz CT molecular complexity index is 1690. The number of nitrogens with one attached hydrogen (secondary N) is 1. The summed E-state index contributed by atoms with van der Waals surface area (Å²) in [5.74, 6) is -0.890. The molecule has 0 bridgehead atoms. The van der Waals surface area contributed by atoms with E-state index in [-0.39, 0.29) is 29.5 Å². The zero-order chi connectivity index (χ0) is 32.0. The second-order valence-corrected chi connectivity index (χ2v) is 14.6. The van der Waals surface area contributed by atoms with Gasteiger partial charge in [0.05, 0.1) is 16.0 Å². The summed E-state index contributed by atoms with van der Waals surface area (Å²) in [6.07, 6.45) is 1.34. The van der Waals surface area contributed by atoms with Crippen molar-refractivity contribution in [3.63, 3.8) is 0 Å². The van der Waals surface area contributed by atoms with Gasteiger partial charge < -0.3 is 9.47 Å². The molecule has 234 valence electrons. The van der Waals surface area contributed by atoms with E-state index in [1.54, 1.807) is 81.4 Å². The number of carbonyl (C=O) groups is 2. The SMILES string of the molecule is CC(C)(C)OC(=O)COc1ccc(/C=N\NC(=O)[C@@H]2CN(S(=O)(=O)c3ccccc3)CCN2S(=O)(=O)c2ccccc2)cc1. The molecule has 1 atom stereocenters. The van der Waals surface area contributed by atoms with Crippen molar-refractivity contribution in [1.29, 1.82) is 0 Å². The van der Waals surface area contributed by atoms with Crippen LogP contribution in [0.4, 0.5) is 0 Å². The highest BCUT2D eigenvalue weighted by Gasteiger charge is 2.43. The maximum Gasteiger partial charge on any atom is 0.344 e. The Kier molecular flexibility index (Phi) is 10.2. The number of rotatable bonds is 10. The molecule has 0 unspecified atom stereocenters. The first kappa shape index (κ1) is 32.8. The molecular formula is C30H34N4O8S2. The lowest BCUT2D eigenvalue weighted by Gasteiger charge is -2.38.